The fraction of sp³-hybridized carbons (Fsp3) is 0.500. The largest absolute Gasteiger partial charge is 0.354 e. The van der Waals surface area contributed by atoms with Crippen molar-refractivity contribution < 1.29 is 9.32 Å². The molecule has 1 aliphatic heterocycles. The van der Waals surface area contributed by atoms with Gasteiger partial charge in [-0.05, 0) is 45.4 Å². The summed E-state index contributed by atoms with van der Waals surface area (Å²) in [6.07, 6.45) is 1.91. The van der Waals surface area contributed by atoms with Gasteiger partial charge in [-0.1, -0.05) is 28.9 Å². The standard InChI is InChI=1S/C18H23ClN4O2/c1-12(2)20-18(24)14-6-4-8-23(10-14)11-16-21-17(22-25-16)13-5-3-7-15(19)9-13/h3,5,7,9,12,14H,4,6,8,10-11H2,1-2H3,(H,20,24). The molecule has 1 aromatic heterocycles. The number of rotatable bonds is 5. The number of piperidine rings is 1. The van der Waals surface area contributed by atoms with E-state index in [1.54, 1.807) is 0 Å². The van der Waals surface area contributed by atoms with Crippen molar-refractivity contribution in [1.82, 2.24) is 20.4 Å². The fourth-order valence-electron chi connectivity index (χ4n) is 3.07. The average molecular weight is 363 g/mol. The van der Waals surface area contributed by atoms with Crippen molar-refractivity contribution in [3.63, 3.8) is 0 Å². The Morgan fingerprint density at radius 2 is 2.32 bits per heavy atom. The Labute approximate surface area is 152 Å². The summed E-state index contributed by atoms with van der Waals surface area (Å²) in [4.78, 5) is 18.9. The number of likely N-dealkylation sites (tertiary alicyclic amines) is 1. The molecule has 0 spiro atoms. The van der Waals surface area contributed by atoms with Gasteiger partial charge in [0.25, 0.3) is 0 Å². The Morgan fingerprint density at radius 3 is 3.08 bits per heavy atom. The number of benzene rings is 1. The van der Waals surface area contributed by atoms with E-state index in [-0.39, 0.29) is 17.9 Å². The third-order valence-corrected chi connectivity index (χ3v) is 4.45. The Morgan fingerprint density at radius 1 is 1.48 bits per heavy atom. The van der Waals surface area contributed by atoms with Crippen LogP contribution in [-0.2, 0) is 11.3 Å². The summed E-state index contributed by atoms with van der Waals surface area (Å²) in [5.41, 5.74) is 0.829. The van der Waals surface area contributed by atoms with Gasteiger partial charge in [-0.3, -0.25) is 9.69 Å². The van der Waals surface area contributed by atoms with Crippen molar-refractivity contribution in [3.05, 3.63) is 35.2 Å². The third kappa shape index (κ3) is 4.80. The fourth-order valence-corrected chi connectivity index (χ4v) is 3.26. The number of aromatic nitrogens is 2. The summed E-state index contributed by atoms with van der Waals surface area (Å²) in [6.45, 7) is 6.16. The minimum Gasteiger partial charge on any atom is -0.354 e. The van der Waals surface area contributed by atoms with Gasteiger partial charge < -0.3 is 9.84 Å². The quantitative estimate of drug-likeness (QED) is 0.884. The molecule has 6 nitrogen and oxygen atoms in total. The van der Waals surface area contributed by atoms with E-state index < -0.39 is 0 Å². The molecule has 134 valence electrons. The van der Waals surface area contributed by atoms with E-state index in [1.807, 2.05) is 38.1 Å². The molecule has 1 fully saturated rings. The summed E-state index contributed by atoms with van der Waals surface area (Å²) in [5, 5.41) is 7.67. The predicted molar refractivity (Wildman–Crippen MR) is 96.0 cm³/mol. The molecule has 2 heterocycles. The molecule has 25 heavy (non-hydrogen) atoms. The van der Waals surface area contributed by atoms with Crippen LogP contribution in [0.1, 0.15) is 32.6 Å². The van der Waals surface area contributed by atoms with Crippen LogP contribution in [0.25, 0.3) is 11.4 Å². The molecule has 0 radical (unpaired) electrons. The molecule has 1 unspecified atom stereocenters. The van der Waals surface area contributed by atoms with E-state index >= 15 is 0 Å². The molecule has 1 amide bonds. The SMILES string of the molecule is CC(C)NC(=O)C1CCCN(Cc2nc(-c3cccc(Cl)c3)no2)C1. The number of hydrogen-bond acceptors (Lipinski definition) is 5. The van der Waals surface area contributed by atoms with Gasteiger partial charge in [0.2, 0.25) is 17.6 Å². The molecule has 1 aromatic carbocycles. The van der Waals surface area contributed by atoms with E-state index in [4.69, 9.17) is 16.1 Å². The lowest BCUT2D eigenvalue weighted by molar-refractivity contribution is -0.127. The summed E-state index contributed by atoms with van der Waals surface area (Å²) >= 11 is 6.01. The second-order valence-corrected chi connectivity index (χ2v) is 7.20. The number of carbonyl (C=O) groups excluding carboxylic acids is 1. The molecule has 7 heteroatoms. The monoisotopic (exact) mass is 362 g/mol. The van der Waals surface area contributed by atoms with Crippen molar-refractivity contribution >= 4 is 17.5 Å². The van der Waals surface area contributed by atoms with E-state index in [9.17, 15) is 4.79 Å². The van der Waals surface area contributed by atoms with Crippen molar-refractivity contribution in [1.29, 1.82) is 0 Å². The smallest absolute Gasteiger partial charge is 0.241 e. The van der Waals surface area contributed by atoms with Crippen LogP contribution in [0.4, 0.5) is 0 Å². The highest BCUT2D eigenvalue weighted by Crippen LogP contribution is 2.22. The van der Waals surface area contributed by atoms with Gasteiger partial charge in [0, 0.05) is 23.2 Å². The zero-order chi connectivity index (χ0) is 17.8. The summed E-state index contributed by atoms with van der Waals surface area (Å²) in [6, 6.07) is 7.54. The van der Waals surface area contributed by atoms with Crippen LogP contribution in [-0.4, -0.2) is 40.1 Å². The van der Waals surface area contributed by atoms with Crippen LogP contribution >= 0.6 is 11.6 Å². The first-order valence-electron chi connectivity index (χ1n) is 8.62. The molecule has 0 bridgehead atoms. The predicted octanol–water partition coefficient (Wildman–Crippen LogP) is 3.13. The van der Waals surface area contributed by atoms with Gasteiger partial charge in [0.15, 0.2) is 0 Å². The summed E-state index contributed by atoms with van der Waals surface area (Å²) < 4.78 is 5.38. The van der Waals surface area contributed by atoms with Gasteiger partial charge in [-0.15, -0.1) is 0 Å². The maximum atomic E-state index is 12.2. The molecule has 1 N–H and O–H groups in total. The minimum atomic E-state index is 0.0199. The minimum absolute atomic E-state index is 0.0199. The molecule has 0 aliphatic carbocycles. The Balaban J connectivity index is 1.62. The maximum Gasteiger partial charge on any atom is 0.241 e. The summed E-state index contributed by atoms with van der Waals surface area (Å²) in [5.74, 6) is 1.24. The topological polar surface area (TPSA) is 71.3 Å². The van der Waals surface area contributed by atoms with Crippen LogP contribution in [0.15, 0.2) is 28.8 Å². The second kappa shape index (κ2) is 7.97. The highest BCUT2D eigenvalue weighted by atomic mass is 35.5. The molecule has 1 atom stereocenters. The van der Waals surface area contributed by atoms with Crippen molar-refractivity contribution in [2.24, 2.45) is 5.92 Å². The van der Waals surface area contributed by atoms with Crippen LogP contribution in [0, 0.1) is 5.92 Å². The molecular weight excluding hydrogens is 340 g/mol. The van der Waals surface area contributed by atoms with E-state index in [0.717, 1.165) is 24.9 Å². The van der Waals surface area contributed by atoms with Crippen molar-refractivity contribution in [3.8, 4) is 11.4 Å². The first-order valence-corrected chi connectivity index (χ1v) is 9.00. The number of nitrogens with one attached hydrogen (secondary N) is 1. The van der Waals surface area contributed by atoms with E-state index in [2.05, 4.69) is 20.4 Å². The normalized spacial score (nSPS) is 18.5. The lowest BCUT2D eigenvalue weighted by atomic mass is 9.97. The van der Waals surface area contributed by atoms with Gasteiger partial charge in [0.1, 0.15) is 0 Å². The lowest BCUT2D eigenvalue weighted by Crippen LogP contribution is -2.44. The second-order valence-electron chi connectivity index (χ2n) is 6.76. The summed E-state index contributed by atoms with van der Waals surface area (Å²) in [7, 11) is 0. The third-order valence-electron chi connectivity index (χ3n) is 4.22. The lowest BCUT2D eigenvalue weighted by Gasteiger charge is -2.31. The van der Waals surface area contributed by atoms with Crippen LogP contribution < -0.4 is 5.32 Å². The van der Waals surface area contributed by atoms with Crippen molar-refractivity contribution in [2.45, 2.75) is 39.3 Å². The van der Waals surface area contributed by atoms with Crippen LogP contribution in [0.2, 0.25) is 5.02 Å². The maximum absolute atomic E-state index is 12.2. The molecule has 0 saturated carbocycles. The average Bonchev–Trinajstić information content (AvgIpc) is 3.03. The zero-order valence-electron chi connectivity index (χ0n) is 14.5. The molecule has 1 saturated heterocycles. The first kappa shape index (κ1) is 17.9. The molecule has 3 rings (SSSR count). The van der Waals surface area contributed by atoms with Gasteiger partial charge >= 0.3 is 0 Å². The molecule has 2 aromatic rings. The Bertz CT molecular complexity index is 731. The number of carbonyl (C=O) groups is 1. The molecule has 1 aliphatic rings. The number of halogens is 1. The number of nitrogens with zero attached hydrogens (tertiary/aromatic N) is 3. The molecular formula is C18H23ClN4O2. The van der Waals surface area contributed by atoms with E-state index in [1.165, 1.54) is 0 Å². The Hall–Kier alpha value is -1.92. The highest BCUT2D eigenvalue weighted by molar-refractivity contribution is 6.30. The van der Waals surface area contributed by atoms with Crippen LogP contribution in [0.3, 0.4) is 0 Å². The zero-order valence-corrected chi connectivity index (χ0v) is 15.3. The van der Waals surface area contributed by atoms with Gasteiger partial charge in [0.05, 0.1) is 12.5 Å². The van der Waals surface area contributed by atoms with E-state index in [0.29, 0.717) is 29.8 Å². The number of hydrogen-bond donors (Lipinski definition) is 1. The van der Waals surface area contributed by atoms with Crippen LogP contribution in [0.5, 0.6) is 0 Å². The first-order chi connectivity index (χ1) is 12.0. The number of amides is 1. The van der Waals surface area contributed by atoms with Gasteiger partial charge in [-0.2, -0.15) is 4.98 Å². The van der Waals surface area contributed by atoms with Gasteiger partial charge in [-0.25, -0.2) is 0 Å². The van der Waals surface area contributed by atoms with Crippen molar-refractivity contribution in [2.75, 3.05) is 13.1 Å². The Kier molecular flexibility index (Phi) is 5.71. The highest BCUT2D eigenvalue weighted by Gasteiger charge is 2.27.